The van der Waals surface area contributed by atoms with Crippen molar-refractivity contribution in [3.8, 4) is 5.69 Å². The summed E-state index contributed by atoms with van der Waals surface area (Å²) in [5.41, 5.74) is 1.17. The highest BCUT2D eigenvalue weighted by Crippen LogP contribution is 2.18. The molecule has 0 unspecified atom stereocenters. The molecule has 1 heterocycles. The Morgan fingerprint density at radius 1 is 1.35 bits per heavy atom. The first-order chi connectivity index (χ1) is 7.99. The summed E-state index contributed by atoms with van der Waals surface area (Å²) in [5, 5.41) is 2.96. The fourth-order valence-corrected chi connectivity index (χ4v) is 1.70. The number of aromatic amines is 1. The molecule has 0 saturated heterocycles. The molecule has 1 aromatic heterocycles. The van der Waals surface area contributed by atoms with Crippen molar-refractivity contribution in [3.63, 3.8) is 0 Å². The van der Waals surface area contributed by atoms with Crippen LogP contribution >= 0.6 is 11.6 Å². The van der Waals surface area contributed by atoms with Gasteiger partial charge >= 0.3 is 0 Å². The standard InChI is InChI=1S/C12H12ClFN2O/c1-7(2)11-6-12(17)16(15-11)8-3-4-10(14)9(13)5-8/h3-7,15H,1-2H3. The monoisotopic (exact) mass is 254 g/mol. The van der Waals surface area contributed by atoms with Crippen molar-refractivity contribution in [2.45, 2.75) is 19.8 Å². The molecule has 0 aliphatic carbocycles. The van der Waals surface area contributed by atoms with E-state index in [1.54, 1.807) is 0 Å². The van der Waals surface area contributed by atoms with E-state index in [1.807, 2.05) is 13.8 Å². The molecule has 0 spiro atoms. The van der Waals surface area contributed by atoms with Gasteiger partial charge in [0, 0.05) is 11.8 Å². The first-order valence-corrected chi connectivity index (χ1v) is 5.64. The Labute approximate surface area is 103 Å². The summed E-state index contributed by atoms with van der Waals surface area (Å²) < 4.78 is 14.4. The summed E-state index contributed by atoms with van der Waals surface area (Å²) in [6, 6.07) is 5.68. The molecule has 0 amide bonds. The lowest BCUT2D eigenvalue weighted by molar-refractivity contribution is 0.627. The highest BCUT2D eigenvalue weighted by molar-refractivity contribution is 6.30. The van der Waals surface area contributed by atoms with Crippen LogP contribution in [0.3, 0.4) is 0 Å². The van der Waals surface area contributed by atoms with Crippen LogP contribution in [0.25, 0.3) is 5.69 Å². The van der Waals surface area contributed by atoms with Crippen LogP contribution in [0, 0.1) is 5.82 Å². The second kappa shape index (κ2) is 4.37. The number of halogens is 2. The van der Waals surface area contributed by atoms with Gasteiger partial charge in [0.2, 0.25) is 0 Å². The van der Waals surface area contributed by atoms with Gasteiger partial charge < -0.3 is 0 Å². The van der Waals surface area contributed by atoms with Crippen molar-refractivity contribution in [3.05, 3.63) is 51.2 Å². The van der Waals surface area contributed by atoms with Gasteiger partial charge in [0.25, 0.3) is 5.56 Å². The van der Waals surface area contributed by atoms with Crippen LogP contribution in [0.15, 0.2) is 29.1 Å². The van der Waals surface area contributed by atoms with Gasteiger partial charge in [-0.25, -0.2) is 9.07 Å². The zero-order chi connectivity index (χ0) is 12.6. The van der Waals surface area contributed by atoms with Gasteiger partial charge in [-0.15, -0.1) is 0 Å². The second-order valence-electron chi connectivity index (χ2n) is 4.14. The number of hydrogen-bond donors (Lipinski definition) is 1. The second-order valence-corrected chi connectivity index (χ2v) is 4.55. The summed E-state index contributed by atoms with van der Waals surface area (Å²) >= 11 is 5.68. The van der Waals surface area contributed by atoms with E-state index in [0.717, 1.165) is 5.69 Å². The highest BCUT2D eigenvalue weighted by Gasteiger charge is 2.09. The third-order valence-corrected chi connectivity index (χ3v) is 2.81. The third kappa shape index (κ3) is 2.26. The highest BCUT2D eigenvalue weighted by atomic mass is 35.5. The van der Waals surface area contributed by atoms with Crippen molar-refractivity contribution in [2.75, 3.05) is 0 Å². The molecule has 5 heteroatoms. The Morgan fingerprint density at radius 3 is 2.59 bits per heavy atom. The SMILES string of the molecule is CC(C)c1cc(=O)n(-c2ccc(F)c(Cl)c2)[nH]1. The van der Waals surface area contributed by atoms with Crippen LogP contribution in [0.4, 0.5) is 4.39 Å². The first-order valence-electron chi connectivity index (χ1n) is 5.26. The molecule has 90 valence electrons. The number of benzene rings is 1. The summed E-state index contributed by atoms with van der Waals surface area (Å²) in [6.45, 7) is 3.96. The van der Waals surface area contributed by atoms with E-state index in [-0.39, 0.29) is 16.5 Å². The maximum Gasteiger partial charge on any atom is 0.271 e. The molecular weight excluding hydrogens is 243 g/mol. The lowest BCUT2D eigenvalue weighted by Crippen LogP contribution is -2.13. The number of nitrogens with one attached hydrogen (secondary N) is 1. The van der Waals surface area contributed by atoms with Gasteiger partial charge in [-0.05, 0) is 24.1 Å². The zero-order valence-electron chi connectivity index (χ0n) is 9.50. The molecule has 0 bridgehead atoms. The predicted octanol–water partition coefficient (Wildman–Crippen LogP) is 3.08. The molecule has 1 aromatic carbocycles. The first kappa shape index (κ1) is 11.9. The molecular formula is C12H12ClFN2O. The minimum Gasteiger partial charge on any atom is -0.295 e. The van der Waals surface area contributed by atoms with Crippen LogP contribution in [0.5, 0.6) is 0 Å². The maximum absolute atomic E-state index is 13.0. The number of aromatic nitrogens is 2. The molecule has 0 saturated carbocycles. The summed E-state index contributed by atoms with van der Waals surface area (Å²) in [6.07, 6.45) is 0. The van der Waals surface area contributed by atoms with E-state index in [1.165, 1.54) is 28.9 Å². The van der Waals surface area contributed by atoms with Gasteiger partial charge in [0.05, 0.1) is 10.7 Å². The van der Waals surface area contributed by atoms with E-state index >= 15 is 0 Å². The minimum atomic E-state index is -0.501. The number of H-pyrrole nitrogens is 1. The Balaban J connectivity index is 2.53. The van der Waals surface area contributed by atoms with E-state index in [4.69, 9.17) is 11.6 Å². The van der Waals surface area contributed by atoms with Crippen molar-refractivity contribution in [1.82, 2.24) is 9.78 Å². The van der Waals surface area contributed by atoms with E-state index in [2.05, 4.69) is 5.10 Å². The summed E-state index contributed by atoms with van der Waals surface area (Å²) in [5.74, 6) is -0.279. The Hall–Kier alpha value is -1.55. The average molecular weight is 255 g/mol. The van der Waals surface area contributed by atoms with E-state index < -0.39 is 5.82 Å². The quantitative estimate of drug-likeness (QED) is 0.879. The fraction of sp³-hybridized carbons (Fsp3) is 0.250. The fourth-order valence-electron chi connectivity index (χ4n) is 1.53. The van der Waals surface area contributed by atoms with Crippen molar-refractivity contribution in [1.29, 1.82) is 0 Å². The zero-order valence-corrected chi connectivity index (χ0v) is 10.3. The number of rotatable bonds is 2. The van der Waals surface area contributed by atoms with Crippen LogP contribution in [-0.4, -0.2) is 9.78 Å². The predicted molar refractivity (Wildman–Crippen MR) is 65.4 cm³/mol. The lowest BCUT2D eigenvalue weighted by atomic mass is 10.1. The van der Waals surface area contributed by atoms with E-state index in [9.17, 15) is 9.18 Å². The van der Waals surface area contributed by atoms with E-state index in [0.29, 0.717) is 5.69 Å². The summed E-state index contributed by atoms with van der Waals surface area (Å²) in [7, 11) is 0. The van der Waals surface area contributed by atoms with Crippen molar-refractivity contribution in [2.24, 2.45) is 0 Å². The topological polar surface area (TPSA) is 37.8 Å². The van der Waals surface area contributed by atoms with Crippen LogP contribution in [-0.2, 0) is 0 Å². The van der Waals surface area contributed by atoms with Gasteiger partial charge in [-0.2, -0.15) is 0 Å². The minimum absolute atomic E-state index is 0.00454. The molecule has 2 rings (SSSR count). The Kier molecular flexibility index (Phi) is 3.07. The van der Waals surface area contributed by atoms with Crippen LogP contribution in [0.2, 0.25) is 5.02 Å². The molecule has 0 atom stereocenters. The van der Waals surface area contributed by atoms with Crippen LogP contribution in [0.1, 0.15) is 25.5 Å². The Morgan fingerprint density at radius 2 is 2.06 bits per heavy atom. The van der Waals surface area contributed by atoms with Crippen molar-refractivity contribution < 1.29 is 4.39 Å². The molecule has 1 N–H and O–H groups in total. The average Bonchev–Trinajstić information content (AvgIpc) is 2.65. The van der Waals surface area contributed by atoms with Gasteiger partial charge in [-0.3, -0.25) is 9.89 Å². The van der Waals surface area contributed by atoms with Gasteiger partial charge in [0.1, 0.15) is 5.82 Å². The molecule has 0 aliphatic rings. The van der Waals surface area contributed by atoms with Crippen molar-refractivity contribution >= 4 is 11.6 Å². The number of hydrogen-bond acceptors (Lipinski definition) is 1. The molecule has 0 aliphatic heterocycles. The summed E-state index contributed by atoms with van der Waals surface area (Å²) in [4.78, 5) is 11.7. The Bertz CT molecular complexity index is 601. The smallest absolute Gasteiger partial charge is 0.271 e. The van der Waals surface area contributed by atoms with Gasteiger partial charge in [0.15, 0.2) is 0 Å². The molecule has 17 heavy (non-hydrogen) atoms. The lowest BCUT2D eigenvalue weighted by Gasteiger charge is -2.04. The normalized spacial score (nSPS) is 11.1. The maximum atomic E-state index is 13.0. The van der Waals surface area contributed by atoms with Gasteiger partial charge in [-0.1, -0.05) is 25.4 Å². The third-order valence-electron chi connectivity index (χ3n) is 2.52. The molecule has 0 radical (unpaired) electrons. The largest absolute Gasteiger partial charge is 0.295 e. The van der Waals surface area contributed by atoms with Crippen LogP contribution < -0.4 is 5.56 Å². The number of nitrogens with zero attached hydrogens (tertiary/aromatic N) is 1. The molecule has 3 nitrogen and oxygen atoms in total. The molecule has 2 aromatic rings. The molecule has 0 fully saturated rings.